The Morgan fingerprint density at radius 3 is 2.75 bits per heavy atom. The number of hydrogen-bond donors (Lipinski definition) is 1. The van der Waals surface area contributed by atoms with Crippen LogP contribution >= 0.6 is 22.9 Å². The number of nitrogen functional groups attached to an aromatic ring is 1. The molecule has 24 heavy (non-hydrogen) atoms. The van der Waals surface area contributed by atoms with E-state index in [1.165, 1.54) is 0 Å². The van der Waals surface area contributed by atoms with E-state index in [1.807, 2.05) is 19.1 Å². The number of hydrogen-bond acceptors (Lipinski definition) is 6. The van der Waals surface area contributed by atoms with Crippen LogP contribution in [-0.4, -0.2) is 23.3 Å². The number of ketones is 1. The van der Waals surface area contributed by atoms with E-state index in [2.05, 4.69) is 4.98 Å². The van der Waals surface area contributed by atoms with Crippen LogP contribution in [0.5, 0.6) is 0 Å². The number of ether oxygens (including phenoxy) is 1. The molecule has 0 aliphatic rings. The van der Waals surface area contributed by atoms with Gasteiger partial charge in [-0.05, 0) is 31.2 Å². The molecule has 0 amide bonds. The lowest BCUT2D eigenvalue weighted by molar-refractivity contribution is 0.0480. The molecule has 3 aromatic rings. The van der Waals surface area contributed by atoms with Crippen LogP contribution in [0.4, 0.5) is 5.69 Å². The third-order valence-electron chi connectivity index (χ3n) is 3.43. The van der Waals surface area contributed by atoms with Crippen LogP contribution < -0.4 is 5.73 Å². The highest BCUT2D eigenvalue weighted by molar-refractivity contribution is 7.21. The van der Waals surface area contributed by atoms with E-state index >= 15 is 0 Å². The number of rotatable bonds is 4. The maximum Gasteiger partial charge on any atom is 0.350 e. The summed E-state index contributed by atoms with van der Waals surface area (Å²) in [6.45, 7) is 1.46. The Bertz CT molecular complexity index is 952. The lowest BCUT2D eigenvalue weighted by Gasteiger charge is -2.05. The van der Waals surface area contributed by atoms with Gasteiger partial charge in [0.1, 0.15) is 9.71 Å². The molecule has 0 aliphatic heterocycles. The summed E-state index contributed by atoms with van der Waals surface area (Å²) in [5, 5.41) is 1.02. The minimum Gasteiger partial charge on any atom is -0.453 e. The number of halogens is 1. The van der Waals surface area contributed by atoms with Crippen LogP contribution in [0.25, 0.3) is 10.2 Å². The second-order valence-corrected chi connectivity index (χ2v) is 6.54. The predicted octanol–water partition coefficient (Wildman–Crippen LogP) is 3.88. The predicted molar refractivity (Wildman–Crippen MR) is 94.8 cm³/mol. The molecule has 0 saturated carbocycles. The highest BCUT2D eigenvalue weighted by Crippen LogP contribution is 2.33. The van der Waals surface area contributed by atoms with Crippen molar-refractivity contribution in [3.63, 3.8) is 0 Å². The third kappa shape index (κ3) is 3.11. The molecule has 0 spiro atoms. The van der Waals surface area contributed by atoms with Gasteiger partial charge in [0, 0.05) is 16.6 Å². The molecular weight excluding hydrogens is 348 g/mol. The fraction of sp³-hybridized carbons (Fsp3) is 0.118. The molecule has 7 heteroatoms. The van der Waals surface area contributed by atoms with Gasteiger partial charge in [0.05, 0.1) is 10.7 Å². The maximum atomic E-state index is 12.2. The van der Waals surface area contributed by atoms with Crippen molar-refractivity contribution in [2.75, 3.05) is 12.3 Å². The Kier molecular flexibility index (Phi) is 4.51. The summed E-state index contributed by atoms with van der Waals surface area (Å²) in [7, 11) is 0. The molecule has 2 aromatic heterocycles. The minimum absolute atomic E-state index is 0.245. The average molecular weight is 361 g/mol. The molecule has 1 aromatic carbocycles. The number of nitrogens with two attached hydrogens (primary N) is 1. The smallest absolute Gasteiger partial charge is 0.350 e. The molecule has 122 valence electrons. The Balaban J connectivity index is 1.77. The van der Waals surface area contributed by atoms with E-state index in [1.54, 1.807) is 24.3 Å². The monoisotopic (exact) mass is 360 g/mol. The minimum atomic E-state index is -0.645. The second kappa shape index (κ2) is 6.59. The van der Waals surface area contributed by atoms with Gasteiger partial charge in [0.15, 0.2) is 6.61 Å². The van der Waals surface area contributed by atoms with E-state index in [9.17, 15) is 9.59 Å². The number of anilines is 1. The third-order valence-corrected chi connectivity index (χ3v) is 4.85. The topological polar surface area (TPSA) is 82.3 Å². The molecule has 0 radical (unpaired) electrons. The lowest BCUT2D eigenvalue weighted by atomic mass is 10.1. The zero-order valence-electron chi connectivity index (χ0n) is 12.7. The number of fused-ring (bicyclic) bond motifs is 1. The summed E-state index contributed by atoms with van der Waals surface area (Å²) in [4.78, 5) is 29.6. The van der Waals surface area contributed by atoms with E-state index in [0.29, 0.717) is 26.5 Å². The van der Waals surface area contributed by atoms with Gasteiger partial charge in [-0.25, -0.2) is 9.78 Å². The largest absolute Gasteiger partial charge is 0.453 e. The van der Waals surface area contributed by atoms with E-state index in [-0.39, 0.29) is 10.7 Å². The van der Waals surface area contributed by atoms with Crippen LogP contribution in [0, 0.1) is 6.92 Å². The summed E-state index contributed by atoms with van der Waals surface area (Å²) in [5.41, 5.74) is 7.46. The van der Waals surface area contributed by atoms with Gasteiger partial charge >= 0.3 is 5.97 Å². The van der Waals surface area contributed by atoms with E-state index in [0.717, 1.165) is 17.0 Å². The molecule has 0 aliphatic carbocycles. The number of carbonyl (C=O) groups is 2. The number of esters is 1. The van der Waals surface area contributed by atoms with Crippen molar-refractivity contribution in [3.05, 3.63) is 57.6 Å². The van der Waals surface area contributed by atoms with Gasteiger partial charge in [-0.15, -0.1) is 11.3 Å². The van der Waals surface area contributed by atoms with Crippen LogP contribution in [0.2, 0.25) is 5.02 Å². The summed E-state index contributed by atoms with van der Waals surface area (Å²) >= 11 is 7.11. The fourth-order valence-corrected chi connectivity index (χ4v) is 3.48. The first-order valence-electron chi connectivity index (χ1n) is 7.08. The van der Waals surface area contributed by atoms with Crippen molar-refractivity contribution >= 4 is 50.6 Å². The summed E-state index contributed by atoms with van der Waals surface area (Å²) in [6.07, 6.45) is 0. The number of carbonyl (C=O) groups excluding carboxylic acids is 2. The number of nitrogens with zero attached hydrogens (tertiary/aromatic N) is 1. The quantitative estimate of drug-likeness (QED) is 0.564. The molecule has 3 rings (SSSR count). The van der Waals surface area contributed by atoms with Gasteiger partial charge in [-0.2, -0.15) is 0 Å². The van der Waals surface area contributed by atoms with Crippen molar-refractivity contribution in [2.45, 2.75) is 6.92 Å². The first-order chi connectivity index (χ1) is 11.5. The number of pyridine rings is 1. The molecule has 2 N–H and O–H groups in total. The van der Waals surface area contributed by atoms with Gasteiger partial charge in [-0.3, -0.25) is 4.79 Å². The average Bonchev–Trinajstić information content (AvgIpc) is 2.89. The summed E-state index contributed by atoms with van der Waals surface area (Å²) < 4.78 is 5.10. The SMILES string of the molecule is Cc1ccc2c(N)c(C(=O)OCC(=O)c3ccccc3Cl)sc2n1. The number of Topliss-reactive ketones (excluding diaryl/α,β-unsaturated/α-hetero) is 1. The Morgan fingerprint density at radius 2 is 2.00 bits per heavy atom. The highest BCUT2D eigenvalue weighted by Gasteiger charge is 2.20. The lowest BCUT2D eigenvalue weighted by Crippen LogP contribution is -2.14. The van der Waals surface area contributed by atoms with Gasteiger partial charge < -0.3 is 10.5 Å². The zero-order chi connectivity index (χ0) is 17.3. The van der Waals surface area contributed by atoms with Crippen molar-refractivity contribution in [1.82, 2.24) is 4.98 Å². The molecule has 0 saturated heterocycles. The van der Waals surface area contributed by atoms with Crippen molar-refractivity contribution in [3.8, 4) is 0 Å². The van der Waals surface area contributed by atoms with Crippen LogP contribution in [0.3, 0.4) is 0 Å². The number of aryl methyl sites for hydroxylation is 1. The molecule has 0 fully saturated rings. The first-order valence-corrected chi connectivity index (χ1v) is 8.27. The van der Waals surface area contributed by atoms with Crippen LogP contribution in [-0.2, 0) is 4.74 Å². The highest BCUT2D eigenvalue weighted by atomic mass is 35.5. The molecular formula is C17H13ClN2O3S. The maximum absolute atomic E-state index is 12.2. The van der Waals surface area contributed by atoms with Crippen molar-refractivity contribution in [1.29, 1.82) is 0 Å². The number of benzene rings is 1. The molecule has 2 heterocycles. The molecule has 0 unspecified atom stereocenters. The van der Waals surface area contributed by atoms with Crippen molar-refractivity contribution in [2.24, 2.45) is 0 Å². The van der Waals surface area contributed by atoms with Gasteiger partial charge in [0.25, 0.3) is 0 Å². The first kappa shape index (κ1) is 16.4. The van der Waals surface area contributed by atoms with Crippen LogP contribution in [0.1, 0.15) is 25.7 Å². The van der Waals surface area contributed by atoms with E-state index < -0.39 is 12.6 Å². The molecule has 0 atom stereocenters. The van der Waals surface area contributed by atoms with Crippen LogP contribution in [0.15, 0.2) is 36.4 Å². The zero-order valence-corrected chi connectivity index (χ0v) is 14.3. The standard InChI is InChI=1S/C17H13ClN2O3S/c1-9-6-7-11-14(19)15(24-16(11)20-9)17(22)23-8-13(21)10-4-2-3-5-12(10)18/h2-7H,8,19H2,1H3. The van der Waals surface area contributed by atoms with E-state index in [4.69, 9.17) is 22.1 Å². The van der Waals surface area contributed by atoms with Gasteiger partial charge in [-0.1, -0.05) is 23.7 Å². The fourth-order valence-electron chi connectivity index (χ4n) is 2.20. The Hall–Kier alpha value is -2.44. The normalized spacial score (nSPS) is 10.8. The van der Waals surface area contributed by atoms with Crippen molar-refractivity contribution < 1.29 is 14.3 Å². The number of thiophene rings is 1. The van der Waals surface area contributed by atoms with Gasteiger partial charge in [0.2, 0.25) is 5.78 Å². The molecule has 5 nitrogen and oxygen atoms in total. The Morgan fingerprint density at radius 1 is 1.25 bits per heavy atom. The summed E-state index contributed by atoms with van der Waals surface area (Å²) in [6, 6.07) is 10.2. The summed E-state index contributed by atoms with van der Waals surface area (Å²) in [5.74, 6) is -1.02. The second-order valence-electron chi connectivity index (χ2n) is 5.13. The Labute approximate surface area is 147 Å². The molecule has 0 bridgehead atoms. The number of aromatic nitrogens is 1.